The van der Waals surface area contributed by atoms with Gasteiger partial charge in [0.15, 0.2) is 6.10 Å². The number of ether oxygens (including phenoxy) is 2. The molecule has 0 spiro atoms. The molecule has 7 nitrogen and oxygen atoms in total. The van der Waals surface area contributed by atoms with Gasteiger partial charge >= 0.3 is 0 Å². The summed E-state index contributed by atoms with van der Waals surface area (Å²) in [7, 11) is -3.56. The molecule has 8 heteroatoms. The first-order chi connectivity index (χ1) is 13.8. The number of anilines is 1. The maximum Gasteiger partial charge on any atom is 0.265 e. The zero-order valence-electron chi connectivity index (χ0n) is 16.8. The number of carbonyl (C=O) groups excluding carboxylic acids is 1. The standard InChI is InChI=1S/C21H26N2O5S/c1-15-4-9-20(16(2)14-15)28-17(3)21(24)22-18-5-7-19(8-6-18)29(25,26)23-10-12-27-13-11-23/h4-9,14,17H,10-13H2,1-3H3,(H,22,24)/t17-/m0/s1. The van der Waals surface area contributed by atoms with Crippen LogP contribution in [-0.4, -0.2) is 51.0 Å². The van der Waals surface area contributed by atoms with E-state index >= 15 is 0 Å². The molecule has 3 rings (SSSR count). The average molecular weight is 419 g/mol. The molecular formula is C21H26N2O5S. The van der Waals surface area contributed by atoms with Gasteiger partial charge in [-0.05, 0) is 56.7 Å². The molecule has 1 amide bonds. The van der Waals surface area contributed by atoms with Gasteiger partial charge in [0.25, 0.3) is 5.91 Å². The van der Waals surface area contributed by atoms with Crippen LogP contribution in [0.15, 0.2) is 47.4 Å². The molecule has 1 heterocycles. The van der Waals surface area contributed by atoms with E-state index in [1.54, 1.807) is 19.1 Å². The molecule has 1 fully saturated rings. The number of hydrogen-bond acceptors (Lipinski definition) is 5. The third-order valence-electron chi connectivity index (χ3n) is 4.73. The molecular weight excluding hydrogens is 392 g/mol. The largest absolute Gasteiger partial charge is 0.481 e. The van der Waals surface area contributed by atoms with Crippen LogP contribution >= 0.6 is 0 Å². The van der Waals surface area contributed by atoms with Gasteiger partial charge in [-0.3, -0.25) is 4.79 Å². The number of amides is 1. The van der Waals surface area contributed by atoms with E-state index in [4.69, 9.17) is 9.47 Å². The van der Waals surface area contributed by atoms with Crippen molar-refractivity contribution >= 4 is 21.6 Å². The first kappa shape index (κ1) is 21.3. The summed E-state index contributed by atoms with van der Waals surface area (Å²) in [6, 6.07) is 11.9. The Morgan fingerprint density at radius 3 is 2.38 bits per heavy atom. The molecule has 2 aromatic rings. The third-order valence-corrected chi connectivity index (χ3v) is 6.65. The van der Waals surface area contributed by atoms with Crippen molar-refractivity contribution in [2.45, 2.75) is 31.8 Å². The van der Waals surface area contributed by atoms with Crippen molar-refractivity contribution in [1.29, 1.82) is 0 Å². The molecule has 1 aliphatic heterocycles. The van der Waals surface area contributed by atoms with Crippen LogP contribution in [0.4, 0.5) is 5.69 Å². The summed E-state index contributed by atoms with van der Waals surface area (Å²) in [4.78, 5) is 12.6. The zero-order chi connectivity index (χ0) is 21.0. The van der Waals surface area contributed by atoms with Crippen molar-refractivity contribution in [2.24, 2.45) is 0 Å². The van der Waals surface area contributed by atoms with Gasteiger partial charge in [-0.2, -0.15) is 4.31 Å². The van der Waals surface area contributed by atoms with Crippen molar-refractivity contribution in [3.8, 4) is 5.75 Å². The van der Waals surface area contributed by atoms with Crippen molar-refractivity contribution in [1.82, 2.24) is 4.31 Å². The number of nitrogens with zero attached hydrogens (tertiary/aromatic N) is 1. The molecule has 0 radical (unpaired) electrons. The van der Waals surface area contributed by atoms with Gasteiger partial charge in [-0.1, -0.05) is 17.7 Å². The molecule has 1 saturated heterocycles. The molecule has 0 unspecified atom stereocenters. The lowest BCUT2D eigenvalue weighted by Gasteiger charge is -2.26. The highest BCUT2D eigenvalue weighted by molar-refractivity contribution is 7.89. The van der Waals surface area contributed by atoms with E-state index in [1.807, 2.05) is 32.0 Å². The fourth-order valence-corrected chi connectivity index (χ4v) is 4.47. The zero-order valence-corrected chi connectivity index (χ0v) is 17.7. The van der Waals surface area contributed by atoms with E-state index in [0.717, 1.165) is 11.1 Å². The van der Waals surface area contributed by atoms with Gasteiger partial charge in [0.2, 0.25) is 10.0 Å². The molecule has 0 saturated carbocycles. The van der Waals surface area contributed by atoms with Crippen molar-refractivity contribution in [3.05, 3.63) is 53.6 Å². The number of carbonyl (C=O) groups is 1. The number of morpholine rings is 1. The number of hydrogen-bond donors (Lipinski definition) is 1. The minimum Gasteiger partial charge on any atom is -0.481 e. The Kier molecular flexibility index (Phi) is 6.56. The van der Waals surface area contributed by atoms with E-state index in [2.05, 4.69) is 5.32 Å². The van der Waals surface area contributed by atoms with Crippen LogP contribution in [0.5, 0.6) is 5.75 Å². The monoisotopic (exact) mass is 418 g/mol. The van der Waals surface area contributed by atoms with Crippen molar-refractivity contribution in [3.63, 3.8) is 0 Å². The van der Waals surface area contributed by atoms with Crippen LogP contribution in [-0.2, 0) is 19.6 Å². The fourth-order valence-electron chi connectivity index (χ4n) is 3.07. The van der Waals surface area contributed by atoms with E-state index in [0.29, 0.717) is 37.7 Å². The molecule has 0 aromatic heterocycles. The van der Waals surface area contributed by atoms with Crippen LogP contribution in [0.2, 0.25) is 0 Å². The maximum atomic E-state index is 12.7. The van der Waals surface area contributed by atoms with E-state index < -0.39 is 16.1 Å². The number of benzene rings is 2. The molecule has 29 heavy (non-hydrogen) atoms. The fraction of sp³-hybridized carbons (Fsp3) is 0.381. The lowest BCUT2D eigenvalue weighted by Crippen LogP contribution is -2.40. The van der Waals surface area contributed by atoms with Gasteiger partial charge in [0.1, 0.15) is 5.75 Å². The molecule has 156 valence electrons. The molecule has 1 N–H and O–H groups in total. The Hall–Kier alpha value is -2.42. The number of rotatable bonds is 6. The Balaban J connectivity index is 1.63. The quantitative estimate of drug-likeness (QED) is 0.780. The topological polar surface area (TPSA) is 84.9 Å². The van der Waals surface area contributed by atoms with E-state index in [9.17, 15) is 13.2 Å². The lowest BCUT2D eigenvalue weighted by molar-refractivity contribution is -0.122. The van der Waals surface area contributed by atoms with Crippen LogP contribution in [0.25, 0.3) is 0 Å². The SMILES string of the molecule is Cc1ccc(O[C@@H](C)C(=O)Nc2ccc(S(=O)(=O)N3CCOCC3)cc2)c(C)c1. The first-order valence-corrected chi connectivity index (χ1v) is 10.9. The average Bonchev–Trinajstić information content (AvgIpc) is 2.71. The first-order valence-electron chi connectivity index (χ1n) is 9.50. The lowest BCUT2D eigenvalue weighted by atomic mass is 10.1. The van der Waals surface area contributed by atoms with Crippen LogP contribution in [0, 0.1) is 13.8 Å². The predicted octanol–water partition coefficient (Wildman–Crippen LogP) is 2.73. The second kappa shape index (κ2) is 8.94. The van der Waals surface area contributed by atoms with E-state index in [-0.39, 0.29) is 10.8 Å². The summed E-state index contributed by atoms with van der Waals surface area (Å²) in [5.41, 5.74) is 2.59. The van der Waals surface area contributed by atoms with Crippen molar-refractivity contribution in [2.75, 3.05) is 31.6 Å². The summed E-state index contributed by atoms with van der Waals surface area (Å²) in [6.45, 7) is 7.07. The normalized spacial score (nSPS) is 16.2. The number of sulfonamides is 1. The van der Waals surface area contributed by atoms with Crippen LogP contribution in [0.1, 0.15) is 18.1 Å². The highest BCUT2D eigenvalue weighted by atomic mass is 32.2. The summed E-state index contributed by atoms with van der Waals surface area (Å²) < 4.78 is 37.7. The van der Waals surface area contributed by atoms with Gasteiger partial charge < -0.3 is 14.8 Å². The molecule has 0 aliphatic carbocycles. The maximum absolute atomic E-state index is 12.7. The Morgan fingerprint density at radius 2 is 1.76 bits per heavy atom. The second-order valence-electron chi connectivity index (χ2n) is 7.06. The Bertz CT molecular complexity index is 967. The molecule has 1 aliphatic rings. The van der Waals surface area contributed by atoms with Gasteiger partial charge in [-0.15, -0.1) is 0 Å². The van der Waals surface area contributed by atoms with Gasteiger partial charge in [-0.25, -0.2) is 8.42 Å². The van der Waals surface area contributed by atoms with Gasteiger partial charge in [0, 0.05) is 18.8 Å². The van der Waals surface area contributed by atoms with Gasteiger partial charge in [0.05, 0.1) is 18.1 Å². The van der Waals surface area contributed by atoms with Crippen LogP contribution in [0.3, 0.4) is 0 Å². The highest BCUT2D eigenvalue weighted by Crippen LogP contribution is 2.22. The highest BCUT2D eigenvalue weighted by Gasteiger charge is 2.26. The number of aryl methyl sites for hydroxylation is 2. The number of nitrogens with one attached hydrogen (secondary N) is 1. The smallest absolute Gasteiger partial charge is 0.265 e. The molecule has 2 aromatic carbocycles. The summed E-state index contributed by atoms with van der Waals surface area (Å²) >= 11 is 0. The molecule has 1 atom stereocenters. The summed E-state index contributed by atoms with van der Waals surface area (Å²) in [6.07, 6.45) is -0.701. The Morgan fingerprint density at radius 1 is 1.10 bits per heavy atom. The molecule has 0 bridgehead atoms. The minimum absolute atomic E-state index is 0.192. The summed E-state index contributed by atoms with van der Waals surface area (Å²) in [5.74, 6) is 0.346. The second-order valence-corrected chi connectivity index (χ2v) is 9.00. The van der Waals surface area contributed by atoms with E-state index in [1.165, 1.54) is 16.4 Å². The van der Waals surface area contributed by atoms with Crippen molar-refractivity contribution < 1.29 is 22.7 Å². The summed E-state index contributed by atoms with van der Waals surface area (Å²) in [5, 5.41) is 2.76. The minimum atomic E-state index is -3.56. The Labute approximate surface area is 171 Å². The van der Waals surface area contributed by atoms with Crippen LogP contribution < -0.4 is 10.1 Å². The third kappa shape index (κ3) is 5.14. The predicted molar refractivity (Wildman–Crippen MR) is 111 cm³/mol.